The van der Waals surface area contributed by atoms with E-state index in [1.54, 1.807) is 0 Å². The molecule has 0 bridgehead atoms. The zero-order valence-corrected chi connectivity index (χ0v) is 19.8. The highest BCUT2D eigenvalue weighted by atomic mass is 15.2. The highest BCUT2D eigenvalue weighted by Crippen LogP contribution is 2.62. The van der Waals surface area contributed by atoms with Crippen molar-refractivity contribution in [3.8, 4) is 11.1 Å². The fraction of sp³-hybridized carbons (Fsp3) is 0.290. The van der Waals surface area contributed by atoms with Gasteiger partial charge < -0.3 is 4.90 Å². The van der Waals surface area contributed by atoms with Gasteiger partial charge in [0.1, 0.15) is 0 Å². The van der Waals surface area contributed by atoms with Crippen LogP contribution in [0.4, 0.5) is 5.69 Å². The summed E-state index contributed by atoms with van der Waals surface area (Å²) in [6, 6.07) is 27.5. The van der Waals surface area contributed by atoms with E-state index in [1.165, 1.54) is 33.5 Å². The van der Waals surface area contributed by atoms with Crippen LogP contribution in [0, 0.1) is 5.92 Å². The van der Waals surface area contributed by atoms with Crippen LogP contribution in [0.1, 0.15) is 51.3 Å². The Morgan fingerprint density at radius 1 is 0.656 bits per heavy atom. The Labute approximate surface area is 193 Å². The SMILES string of the molecule is CC.CC(C)(C)N1c2ccccc2C2(c3ccccc3-c3ccccc32)C2C=CC=CC21. The van der Waals surface area contributed by atoms with E-state index in [0.717, 1.165) is 0 Å². The van der Waals surface area contributed by atoms with Gasteiger partial charge in [-0.15, -0.1) is 0 Å². The molecule has 2 unspecified atom stereocenters. The Kier molecular flexibility index (Phi) is 4.89. The van der Waals surface area contributed by atoms with Crippen LogP contribution in [0.25, 0.3) is 11.1 Å². The molecule has 2 aliphatic carbocycles. The lowest BCUT2D eigenvalue weighted by Crippen LogP contribution is -2.59. The van der Waals surface area contributed by atoms with Crippen LogP contribution >= 0.6 is 0 Å². The first-order chi connectivity index (χ1) is 15.5. The predicted octanol–water partition coefficient (Wildman–Crippen LogP) is 7.76. The second-order valence-electron chi connectivity index (χ2n) is 9.74. The molecule has 1 nitrogen and oxygen atoms in total. The number of allylic oxidation sites excluding steroid dienone is 2. The Hall–Kier alpha value is -3.06. The summed E-state index contributed by atoms with van der Waals surface area (Å²) in [5.41, 5.74) is 8.30. The van der Waals surface area contributed by atoms with Crippen molar-refractivity contribution in [1.82, 2.24) is 0 Å². The van der Waals surface area contributed by atoms with E-state index in [0.29, 0.717) is 12.0 Å². The van der Waals surface area contributed by atoms with Gasteiger partial charge in [0.15, 0.2) is 0 Å². The lowest BCUT2D eigenvalue weighted by Gasteiger charge is -2.56. The summed E-state index contributed by atoms with van der Waals surface area (Å²) in [7, 11) is 0. The van der Waals surface area contributed by atoms with Crippen LogP contribution in [-0.4, -0.2) is 11.6 Å². The number of nitrogens with zero attached hydrogens (tertiary/aromatic N) is 1. The second-order valence-corrected chi connectivity index (χ2v) is 9.74. The molecular weight excluding hydrogens is 386 g/mol. The molecule has 6 rings (SSSR count). The molecule has 0 N–H and O–H groups in total. The molecule has 2 atom stereocenters. The maximum absolute atomic E-state index is 2.64. The van der Waals surface area contributed by atoms with Gasteiger partial charge in [-0.2, -0.15) is 0 Å². The van der Waals surface area contributed by atoms with Crippen molar-refractivity contribution in [2.45, 2.75) is 51.6 Å². The van der Waals surface area contributed by atoms with Gasteiger partial charge in [0.05, 0.1) is 11.5 Å². The third-order valence-electron chi connectivity index (χ3n) is 7.21. The fourth-order valence-electron chi connectivity index (χ4n) is 6.33. The number of hydrogen-bond acceptors (Lipinski definition) is 1. The van der Waals surface area contributed by atoms with Crippen molar-refractivity contribution in [2.75, 3.05) is 4.90 Å². The topological polar surface area (TPSA) is 3.24 Å². The summed E-state index contributed by atoms with van der Waals surface area (Å²) in [6.45, 7) is 11.0. The Morgan fingerprint density at radius 3 is 1.75 bits per heavy atom. The van der Waals surface area contributed by atoms with E-state index in [9.17, 15) is 0 Å². The summed E-state index contributed by atoms with van der Waals surface area (Å²) in [5.74, 6) is 0.335. The minimum Gasteiger partial charge on any atom is -0.359 e. The molecule has 0 aromatic heterocycles. The third-order valence-corrected chi connectivity index (χ3v) is 7.21. The van der Waals surface area contributed by atoms with E-state index in [-0.39, 0.29) is 11.0 Å². The van der Waals surface area contributed by atoms with Gasteiger partial charge in [0.25, 0.3) is 0 Å². The summed E-state index contributed by atoms with van der Waals surface area (Å²) < 4.78 is 0. The molecule has 0 fully saturated rings. The first-order valence-electron chi connectivity index (χ1n) is 12.0. The van der Waals surface area contributed by atoms with Gasteiger partial charge in [-0.05, 0) is 54.7 Å². The monoisotopic (exact) mass is 419 g/mol. The van der Waals surface area contributed by atoms with Crippen LogP contribution in [-0.2, 0) is 5.41 Å². The van der Waals surface area contributed by atoms with Crippen molar-refractivity contribution in [3.05, 3.63) is 114 Å². The third kappa shape index (κ3) is 2.64. The average Bonchev–Trinajstić information content (AvgIpc) is 3.11. The molecule has 0 saturated heterocycles. The molecule has 1 spiro atoms. The van der Waals surface area contributed by atoms with Gasteiger partial charge >= 0.3 is 0 Å². The number of anilines is 1. The maximum atomic E-state index is 2.64. The zero-order valence-electron chi connectivity index (χ0n) is 19.8. The Balaban J connectivity index is 0.00000105. The van der Waals surface area contributed by atoms with Crippen LogP contribution in [0.3, 0.4) is 0 Å². The van der Waals surface area contributed by atoms with Crippen LogP contribution in [0.15, 0.2) is 97.1 Å². The van der Waals surface area contributed by atoms with Crippen LogP contribution < -0.4 is 4.90 Å². The van der Waals surface area contributed by atoms with Crippen LogP contribution in [0.5, 0.6) is 0 Å². The highest BCUT2D eigenvalue weighted by molar-refractivity contribution is 5.87. The van der Waals surface area contributed by atoms with Crippen molar-refractivity contribution < 1.29 is 0 Å². The average molecular weight is 420 g/mol. The van der Waals surface area contributed by atoms with Crippen molar-refractivity contribution in [2.24, 2.45) is 5.92 Å². The Bertz CT molecular complexity index is 1160. The lowest BCUT2D eigenvalue weighted by atomic mass is 9.58. The maximum Gasteiger partial charge on any atom is 0.0569 e. The first-order valence-corrected chi connectivity index (χ1v) is 12.0. The molecular formula is C31H33N. The van der Waals surface area contributed by atoms with Gasteiger partial charge in [0, 0.05) is 17.1 Å². The van der Waals surface area contributed by atoms with Crippen molar-refractivity contribution in [1.29, 1.82) is 0 Å². The summed E-state index contributed by atoms with van der Waals surface area (Å²) in [4.78, 5) is 2.64. The van der Waals surface area contributed by atoms with E-state index in [4.69, 9.17) is 0 Å². The number of hydrogen-bond donors (Lipinski definition) is 0. The molecule has 1 heterocycles. The minimum atomic E-state index is -0.169. The number of fused-ring (bicyclic) bond motifs is 9. The van der Waals surface area contributed by atoms with Crippen LogP contribution in [0.2, 0.25) is 0 Å². The van der Waals surface area contributed by atoms with Crippen molar-refractivity contribution in [3.63, 3.8) is 0 Å². The number of benzene rings is 3. The van der Waals surface area contributed by atoms with E-state index < -0.39 is 0 Å². The molecule has 32 heavy (non-hydrogen) atoms. The normalized spacial score (nSPS) is 21.2. The molecule has 3 aromatic carbocycles. The van der Waals surface area contributed by atoms with Gasteiger partial charge in [-0.1, -0.05) is 105 Å². The molecule has 1 aliphatic heterocycles. The second kappa shape index (κ2) is 7.52. The molecule has 0 radical (unpaired) electrons. The van der Waals surface area contributed by atoms with Gasteiger partial charge in [0.2, 0.25) is 0 Å². The van der Waals surface area contributed by atoms with E-state index in [1.807, 2.05) is 13.8 Å². The molecule has 3 aromatic rings. The zero-order chi connectivity index (χ0) is 22.5. The molecule has 1 heteroatoms. The number of rotatable bonds is 0. The molecule has 3 aliphatic rings. The standard InChI is InChI=1S/C29H27N.C2H6/c1-28(2,3)30-26-18-10-8-16-24(26)29(25-17-9-11-19-27(25)30)22-14-6-4-12-20(22)21-13-5-7-15-23(21)29;1-2/h4-19,24,26H,1-3H3;1-2H3. The molecule has 0 amide bonds. The predicted molar refractivity (Wildman–Crippen MR) is 137 cm³/mol. The first kappa shape index (κ1) is 20.8. The smallest absolute Gasteiger partial charge is 0.0569 e. The highest BCUT2D eigenvalue weighted by Gasteiger charge is 2.57. The van der Waals surface area contributed by atoms with E-state index in [2.05, 4.69) is 123 Å². The number of para-hydroxylation sites is 1. The van der Waals surface area contributed by atoms with Gasteiger partial charge in [-0.25, -0.2) is 0 Å². The molecule has 162 valence electrons. The van der Waals surface area contributed by atoms with E-state index >= 15 is 0 Å². The summed E-state index contributed by atoms with van der Waals surface area (Å²) >= 11 is 0. The molecule has 0 saturated carbocycles. The summed E-state index contributed by atoms with van der Waals surface area (Å²) in [6.07, 6.45) is 9.35. The summed E-state index contributed by atoms with van der Waals surface area (Å²) in [5, 5.41) is 0. The quantitative estimate of drug-likeness (QED) is 0.360. The lowest BCUT2D eigenvalue weighted by molar-refractivity contribution is 0.328. The Morgan fingerprint density at radius 2 is 1.16 bits per heavy atom. The van der Waals surface area contributed by atoms with Crippen molar-refractivity contribution >= 4 is 5.69 Å². The minimum absolute atomic E-state index is 0.0216. The van der Waals surface area contributed by atoms with Gasteiger partial charge in [-0.3, -0.25) is 0 Å². The largest absolute Gasteiger partial charge is 0.359 e. The fourth-order valence-corrected chi connectivity index (χ4v) is 6.33.